The normalized spacial score (nSPS) is 14.9. The lowest BCUT2D eigenvalue weighted by atomic mass is 10.2. The van der Waals surface area contributed by atoms with Crippen molar-refractivity contribution in [3.8, 4) is 0 Å². The number of hydrogen-bond acceptors (Lipinski definition) is 5. The van der Waals surface area contributed by atoms with Gasteiger partial charge in [0.1, 0.15) is 11.6 Å². The van der Waals surface area contributed by atoms with Crippen molar-refractivity contribution < 1.29 is 4.79 Å². The van der Waals surface area contributed by atoms with Crippen molar-refractivity contribution in [3.63, 3.8) is 0 Å². The second kappa shape index (κ2) is 6.78. The molecule has 1 amide bonds. The molecule has 0 aliphatic carbocycles. The minimum Gasteiger partial charge on any atom is -0.340 e. The van der Waals surface area contributed by atoms with E-state index in [0.29, 0.717) is 12.3 Å². The zero-order chi connectivity index (χ0) is 16.4. The number of aryl methyl sites for hydroxylation is 2. The van der Waals surface area contributed by atoms with Crippen molar-refractivity contribution in [2.24, 2.45) is 0 Å². The standard InChI is InChI=1S/C16H23N5OS/c1-11(2)16-19-18-14-6-7-20(8-9-21(14)16)15(22)5-4-13-12(3)17-10-23-13/h10-11H,4-9H2,1-3H3. The Morgan fingerprint density at radius 2 is 2.13 bits per heavy atom. The van der Waals surface area contributed by atoms with Gasteiger partial charge in [-0.15, -0.1) is 21.5 Å². The van der Waals surface area contributed by atoms with Gasteiger partial charge in [0.05, 0.1) is 11.2 Å². The molecule has 23 heavy (non-hydrogen) atoms. The molecule has 6 nitrogen and oxygen atoms in total. The predicted molar refractivity (Wildman–Crippen MR) is 89.6 cm³/mol. The summed E-state index contributed by atoms with van der Waals surface area (Å²) < 4.78 is 2.19. The van der Waals surface area contributed by atoms with Crippen LogP contribution in [0.4, 0.5) is 0 Å². The average Bonchev–Trinajstić information content (AvgIpc) is 3.06. The molecule has 1 aliphatic rings. The maximum Gasteiger partial charge on any atom is 0.223 e. The van der Waals surface area contributed by atoms with Crippen LogP contribution in [0.2, 0.25) is 0 Å². The van der Waals surface area contributed by atoms with E-state index in [-0.39, 0.29) is 5.91 Å². The molecule has 0 N–H and O–H groups in total. The summed E-state index contributed by atoms with van der Waals surface area (Å²) in [4.78, 5) is 19.9. The molecule has 0 fully saturated rings. The second-order valence-electron chi connectivity index (χ2n) is 6.27. The number of carbonyl (C=O) groups excluding carboxylic acids is 1. The summed E-state index contributed by atoms with van der Waals surface area (Å²) in [5, 5.41) is 8.59. The quantitative estimate of drug-likeness (QED) is 0.860. The highest BCUT2D eigenvalue weighted by atomic mass is 32.1. The predicted octanol–water partition coefficient (Wildman–Crippen LogP) is 2.18. The lowest BCUT2D eigenvalue weighted by molar-refractivity contribution is -0.131. The maximum atomic E-state index is 12.5. The zero-order valence-electron chi connectivity index (χ0n) is 13.9. The molecule has 0 aromatic carbocycles. The van der Waals surface area contributed by atoms with Gasteiger partial charge in [-0.1, -0.05) is 13.8 Å². The first-order chi connectivity index (χ1) is 11.1. The summed E-state index contributed by atoms with van der Waals surface area (Å²) in [5.41, 5.74) is 2.90. The molecule has 0 saturated heterocycles. The van der Waals surface area contributed by atoms with Gasteiger partial charge >= 0.3 is 0 Å². The summed E-state index contributed by atoms with van der Waals surface area (Å²) >= 11 is 1.63. The Morgan fingerprint density at radius 3 is 2.83 bits per heavy atom. The Labute approximate surface area is 140 Å². The minimum absolute atomic E-state index is 0.225. The fraction of sp³-hybridized carbons (Fsp3) is 0.625. The van der Waals surface area contributed by atoms with Gasteiger partial charge in [0.15, 0.2) is 0 Å². The van der Waals surface area contributed by atoms with E-state index < -0.39 is 0 Å². The van der Waals surface area contributed by atoms with Crippen molar-refractivity contribution in [3.05, 3.63) is 27.7 Å². The molecule has 0 bridgehead atoms. The first-order valence-corrected chi connectivity index (χ1v) is 9.03. The van der Waals surface area contributed by atoms with Gasteiger partial charge in [0.2, 0.25) is 5.91 Å². The summed E-state index contributed by atoms with van der Waals surface area (Å²) in [6.07, 6.45) is 2.13. The second-order valence-corrected chi connectivity index (χ2v) is 7.21. The number of rotatable bonds is 4. The van der Waals surface area contributed by atoms with Gasteiger partial charge in [-0.3, -0.25) is 4.79 Å². The average molecular weight is 333 g/mol. The highest BCUT2D eigenvalue weighted by Crippen LogP contribution is 2.18. The Kier molecular flexibility index (Phi) is 4.75. The van der Waals surface area contributed by atoms with Crippen LogP contribution in [-0.2, 0) is 24.2 Å². The zero-order valence-corrected chi connectivity index (χ0v) is 14.8. The van der Waals surface area contributed by atoms with Crippen molar-refractivity contribution in [1.29, 1.82) is 0 Å². The summed E-state index contributed by atoms with van der Waals surface area (Å²) in [7, 11) is 0. The summed E-state index contributed by atoms with van der Waals surface area (Å²) in [6, 6.07) is 0. The van der Waals surface area contributed by atoms with Gasteiger partial charge < -0.3 is 9.47 Å². The van der Waals surface area contributed by atoms with Crippen LogP contribution in [0.1, 0.15) is 48.4 Å². The Balaban J connectivity index is 1.60. The highest BCUT2D eigenvalue weighted by Gasteiger charge is 2.22. The first-order valence-electron chi connectivity index (χ1n) is 8.15. The molecule has 0 radical (unpaired) electrons. The monoisotopic (exact) mass is 333 g/mol. The fourth-order valence-electron chi connectivity index (χ4n) is 2.97. The van der Waals surface area contributed by atoms with Crippen LogP contribution < -0.4 is 0 Å². The summed E-state index contributed by atoms with van der Waals surface area (Å²) in [6.45, 7) is 8.52. The minimum atomic E-state index is 0.225. The highest BCUT2D eigenvalue weighted by molar-refractivity contribution is 7.09. The van der Waals surface area contributed by atoms with E-state index in [1.807, 2.05) is 17.3 Å². The smallest absolute Gasteiger partial charge is 0.223 e. The molecular weight excluding hydrogens is 310 g/mol. The van der Waals surface area contributed by atoms with Crippen LogP contribution in [0.5, 0.6) is 0 Å². The van der Waals surface area contributed by atoms with E-state index in [9.17, 15) is 4.79 Å². The van der Waals surface area contributed by atoms with E-state index in [2.05, 4.69) is 33.6 Å². The lowest BCUT2D eigenvalue weighted by Crippen LogP contribution is -2.34. The molecule has 3 rings (SSSR count). The van der Waals surface area contributed by atoms with Crippen LogP contribution in [-0.4, -0.2) is 43.6 Å². The number of carbonyl (C=O) groups is 1. The van der Waals surface area contributed by atoms with Crippen LogP contribution in [0, 0.1) is 6.92 Å². The molecule has 0 atom stereocenters. The topological polar surface area (TPSA) is 63.9 Å². The lowest BCUT2D eigenvalue weighted by Gasteiger charge is -2.20. The number of aromatic nitrogens is 4. The SMILES string of the molecule is Cc1ncsc1CCC(=O)N1CCc2nnc(C(C)C)n2CC1. The molecular formula is C16H23N5OS. The van der Waals surface area contributed by atoms with Crippen molar-refractivity contribution >= 4 is 17.2 Å². The van der Waals surface area contributed by atoms with Gasteiger partial charge in [-0.25, -0.2) is 4.98 Å². The van der Waals surface area contributed by atoms with E-state index in [4.69, 9.17) is 0 Å². The van der Waals surface area contributed by atoms with E-state index in [1.54, 1.807) is 11.3 Å². The largest absolute Gasteiger partial charge is 0.340 e. The number of hydrogen-bond donors (Lipinski definition) is 0. The Bertz CT molecular complexity index is 690. The number of nitrogens with zero attached hydrogens (tertiary/aromatic N) is 5. The number of amides is 1. The van der Waals surface area contributed by atoms with Gasteiger partial charge in [-0.05, 0) is 13.3 Å². The van der Waals surface area contributed by atoms with E-state index in [0.717, 1.165) is 49.8 Å². The molecule has 124 valence electrons. The molecule has 2 aromatic rings. The maximum absolute atomic E-state index is 12.5. The third kappa shape index (κ3) is 3.44. The van der Waals surface area contributed by atoms with E-state index in [1.165, 1.54) is 4.88 Å². The number of fused-ring (bicyclic) bond motifs is 1. The van der Waals surface area contributed by atoms with Crippen LogP contribution in [0.15, 0.2) is 5.51 Å². The number of thiazole rings is 1. The third-order valence-electron chi connectivity index (χ3n) is 4.33. The van der Waals surface area contributed by atoms with Crippen LogP contribution in [0.3, 0.4) is 0 Å². The third-order valence-corrected chi connectivity index (χ3v) is 5.33. The van der Waals surface area contributed by atoms with Gasteiger partial charge in [0, 0.05) is 43.3 Å². The molecule has 0 saturated carbocycles. The van der Waals surface area contributed by atoms with Crippen LogP contribution in [0.25, 0.3) is 0 Å². The molecule has 0 spiro atoms. The molecule has 7 heteroatoms. The Morgan fingerprint density at radius 1 is 1.30 bits per heavy atom. The Hall–Kier alpha value is -1.76. The van der Waals surface area contributed by atoms with Gasteiger partial charge in [0.25, 0.3) is 0 Å². The molecule has 3 heterocycles. The van der Waals surface area contributed by atoms with Crippen molar-refractivity contribution in [2.75, 3.05) is 13.1 Å². The first kappa shape index (κ1) is 16.1. The fourth-order valence-corrected chi connectivity index (χ4v) is 3.75. The summed E-state index contributed by atoms with van der Waals surface area (Å²) in [5.74, 6) is 2.60. The van der Waals surface area contributed by atoms with Crippen LogP contribution >= 0.6 is 11.3 Å². The molecule has 1 aliphatic heterocycles. The van der Waals surface area contributed by atoms with Crippen molar-refractivity contribution in [2.45, 2.75) is 52.5 Å². The van der Waals surface area contributed by atoms with Crippen molar-refractivity contribution in [1.82, 2.24) is 24.6 Å². The molecule has 0 unspecified atom stereocenters. The van der Waals surface area contributed by atoms with Gasteiger partial charge in [-0.2, -0.15) is 0 Å². The molecule has 2 aromatic heterocycles. The van der Waals surface area contributed by atoms with E-state index >= 15 is 0 Å².